The summed E-state index contributed by atoms with van der Waals surface area (Å²) in [5.41, 5.74) is 2.41. The van der Waals surface area contributed by atoms with Crippen molar-refractivity contribution < 1.29 is 0 Å². The Morgan fingerprint density at radius 3 is 2.27 bits per heavy atom. The number of nitrogens with zero attached hydrogens (tertiary/aromatic N) is 1. The Bertz CT molecular complexity index is 164. The summed E-state index contributed by atoms with van der Waals surface area (Å²) < 4.78 is 0. The summed E-state index contributed by atoms with van der Waals surface area (Å²) in [7, 11) is 0. The molecule has 64 valence electrons. The Kier molecular flexibility index (Phi) is 4.84. The average molecular weight is 153 g/mol. The van der Waals surface area contributed by atoms with Crippen molar-refractivity contribution >= 4 is 5.71 Å². The molecular weight excluding hydrogens is 134 g/mol. The highest BCUT2D eigenvalue weighted by Gasteiger charge is 2.00. The standard InChI is InChI=1S/C10H19N/c1-6-9(5)11-10(7-2)8(3)4/h6,8H,7H2,1-5H3/b9-6-,11-10+. The molecular formula is C10H19N. The molecule has 0 saturated carbocycles. The van der Waals surface area contributed by atoms with E-state index < -0.39 is 0 Å². The van der Waals surface area contributed by atoms with Gasteiger partial charge in [0.25, 0.3) is 0 Å². The minimum Gasteiger partial charge on any atom is -0.263 e. The van der Waals surface area contributed by atoms with Crippen LogP contribution in [-0.4, -0.2) is 5.71 Å². The van der Waals surface area contributed by atoms with Crippen molar-refractivity contribution in [3.63, 3.8) is 0 Å². The predicted octanol–water partition coefficient (Wildman–Crippen LogP) is 3.42. The highest BCUT2D eigenvalue weighted by molar-refractivity contribution is 5.86. The Balaban J connectivity index is 4.35. The third kappa shape index (κ3) is 3.97. The Morgan fingerprint density at radius 1 is 1.45 bits per heavy atom. The van der Waals surface area contributed by atoms with E-state index in [1.165, 1.54) is 5.71 Å². The Morgan fingerprint density at radius 2 is 2.00 bits per heavy atom. The quantitative estimate of drug-likeness (QED) is 0.551. The summed E-state index contributed by atoms with van der Waals surface area (Å²) in [6, 6.07) is 0. The number of rotatable bonds is 3. The van der Waals surface area contributed by atoms with Gasteiger partial charge in [-0.25, -0.2) is 0 Å². The molecule has 1 nitrogen and oxygen atoms in total. The van der Waals surface area contributed by atoms with Crippen LogP contribution in [0.15, 0.2) is 16.8 Å². The summed E-state index contributed by atoms with van der Waals surface area (Å²) in [5, 5.41) is 0. The van der Waals surface area contributed by atoms with E-state index in [9.17, 15) is 0 Å². The first-order valence-corrected chi connectivity index (χ1v) is 4.32. The smallest absolute Gasteiger partial charge is 0.0329 e. The van der Waals surface area contributed by atoms with Crippen LogP contribution in [-0.2, 0) is 0 Å². The van der Waals surface area contributed by atoms with Crippen LogP contribution in [0, 0.1) is 5.92 Å². The molecule has 0 fully saturated rings. The van der Waals surface area contributed by atoms with E-state index in [0.29, 0.717) is 5.92 Å². The number of hydrogen-bond acceptors (Lipinski definition) is 1. The van der Waals surface area contributed by atoms with Crippen molar-refractivity contribution in [2.75, 3.05) is 0 Å². The first-order chi connectivity index (χ1) is 5.11. The molecule has 0 atom stereocenters. The molecule has 0 aliphatic carbocycles. The lowest BCUT2D eigenvalue weighted by atomic mass is 10.1. The van der Waals surface area contributed by atoms with Crippen LogP contribution >= 0.6 is 0 Å². The van der Waals surface area contributed by atoms with Crippen LogP contribution in [0.3, 0.4) is 0 Å². The zero-order valence-corrected chi connectivity index (χ0v) is 8.31. The molecule has 0 aliphatic rings. The van der Waals surface area contributed by atoms with E-state index in [4.69, 9.17) is 0 Å². The fraction of sp³-hybridized carbons (Fsp3) is 0.700. The third-order valence-electron chi connectivity index (χ3n) is 1.77. The number of hydrogen-bond donors (Lipinski definition) is 0. The first-order valence-electron chi connectivity index (χ1n) is 4.32. The fourth-order valence-corrected chi connectivity index (χ4v) is 0.907. The summed E-state index contributed by atoms with van der Waals surface area (Å²) in [6.07, 6.45) is 3.10. The summed E-state index contributed by atoms with van der Waals surface area (Å²) in [6.45, 7) is 10.6. The SMILES string of the molecule is C/C=C(C)\N=C(/CC)C(C)C. The molecule has 0 spiro atoms. The first kappa shape index (κ1) is 10.4. The zero-order chi connectivity index (χ0) is 8.85. The molecule has 0 N–H and O–H groups in total. The van der Waals surface area contributed by atoms with E-state index in [1.807, 2.05) is 19.9 Å². The van der Waals surface area contributed by atoms with Crippen molar-refractivity contribution in [1.82, 2.24) is 0 Å². The normalized spacial score (nSPS) is 14.4. The lowest BCUT2D eigenvalue weighted by Crippen LogP contribution is -2.05. The maximum absolute atomic E-state index is 4.49. The van der Waals surface area contributed by atoms with Gasteiger partial charge < -0.3 is 0 Å². The maximum atomic E-state index is 4.49. The average Bonchev–Trinajstić information content (AvgIpc) is 1.99. The molecule has 0 amide bonds. The summed E-state index contributed by atoms with van der Waals surface area (Å²) >= 11 is 0. The largest absolute Gasteiger partial charge is 0.263 e. The fourth-order valence-electron chi connectivity index (χ4n) is 0.907. The molecule has 0 heterocycles. The van der Waals surface area contributed by atoms with E-state index in [1.54, 1.807) is 0 Å². The molecule has 11 heavy (non-hydrogen) atoms. The summed E-state index contributed by atoms with van der Waals surface area (Å²) in [5.74, 6) is 0.579. The van der Waals surface area contributed by atoms with Crippen LogP contribution in [0.5, 0.6) is 0 Å². The molecule has 0 aromatic carbocycles. The van der Waals surface area contributed by atoms with Gasteiger partial charge in [0.2, 0.25) is 0 Å². The van der Waals surface area contributed by atoms with Crippen molar-refractivity contribution in [2.45, 2.75) is 41.0 Å². The predicted molar refractivity (Wildman–Crippen MR) is 52.0 cm³/mol. The van der Waals surface area contributed by atoms with Gasteiger partial charge in [-0.2, -0.15) is 0 Å². The minimum absolute atomic E-state index is 0.579. The van der Waals surface area contributed by atoms with Gasteiger partial charge in [-0.1, -0.05) is 26.8 Å². The van der Waals surface area contributed by atoms with Crippen LogP contribution in [0.4, 0.5) is 0 Å². The monoisotopic (exact) mass is 153 g/mol. The molecule has 0 bridgehead atoms. The van der Waals surface area contributed by atoms with Crippen LogP contribution < -0.4 is 0 Å². The molecule has 0 aromatic heterocycles. The van der Waals surface area contributed by atoms with Gasteiger partial charge in [0.05, 0.1) is 0 Å². The maximum Gasteiger partial charge on any atom is 0.0329 e. The van der Waals surface area contributed by atoms with Crippen LogP contribution in [0.2, 0.25) is 0 Å². The topological polar surface area (TPSA) is 12.4 Å². The molecule has 0 aliphatic heterocycles. The lowest BCUT2D eigenvalue weighted by Gasteiger charge is -2.06. The molecule has 1 heteroatoms. The van der Waals surface area contributed by atoms with E-state index in [0.717, 1.165) is 12.1 Å². The van der Waals surface area contributed by atoms with Gasteiger partial charge in [-0.05, 0) is 26.2 Å². The van der Waals surface area contributed by atoms with Gasteiger partial charge in [0.15, 0.2) is 0 Å². The third-order valence-corrected chi connectivity index (χ3v) is 1.77. The van der Waals surface area contributed by atoms with Crippen LogP contribution in [0.25, 0.3) is 0 Å². The Labute approximate surface area is 70.2 Å². The Hall–Kier alpha value is -0.590. The van der Waals surface area contributed by atoms with Crippen molar-refractivity contribution in [3.05, 3.63) is 11.8 Å². The van der Waals surface area contributed by atoms with E-state index in [-0.39, 0.29) is 0 Å². The van der Waals surface area contributed by atoms with Gasteiger partial charge in [0, 0.05) is 11.4 Å². The van der Waals surface area contributed by atoms with Crippen molar-refractivity contribution in [1.29, 1.82) is 0 Å². The molecule has 0 aromatic rings. The second-order valence-corrected chi connectivity index (χ2v) is 3.04. The second kappa shape index (κ2) is 5.11. The molecule has 0 unspecified atom stereocenters. The molecule has 0 radical (unpaired) electrons. The van der Waals surface area contributed by atoms with Gasteiger partial charge in [-0.15, -0.1) is 0 Å². The number of aliphatic imine (C=N–C) groups is 1. The van der Waals surface area contributed by atoms with E-state index >= 15 is 0 Å². The van der Waals surface area contributed by atoms with Crippen molar-refractivity contribution in [3.8, 4) is 0 Å². The van der Waals surface area contributed by atoms with E-state index in [2.05, 4.69) is 25.8 Å². The zero-order valence-electron chi connectivity index (χ0n) is 8.31. The van der Waals surface area contributed by atoms with Crippen molar-refractivity contribution in [2.24, 2.45) is 10.9 Å². The minimum atomic E-state index is 0.579. The van der Waals surface area contributed by atoms with Gasteiger partial charge >= 0.3 is 0 Å². The number of allylic oxidation sites excluding steroid dienone is 2. The summed E-state index contributed by atoms with van der Waals surface area (Å²) in [4.78, 5) is 4.49. The highest BCUT2D eigenvalue weighted by atomic mass is 14.7. The van der Waals surface area contributed by atoms with Gasteiger partial charge in [-0.3, -0.25) is 4.99 Å². The second-order valence-electron chi connectivity index (χ2n) is 3.04. The molecule has 0 rings (SSSR count). The molecule has 0 saturated heterocycles. The van der Waals surface area contributed by atoms with Gasteiger partial charge in [0.1, 0.15) is 0 Å². The lowest BCUT2D eigenvalue weighted by molar-refractivity contribution is 0.853. The highest BCUT2D eigenvalue weighted by Crippen LogP contribution is 2.05. The van der Waals surface area contributed by atoms with Crippen LogP contribution in [0.1, 0.15) is 41.0 Å².